The van der Waals surface area contributed by atoms with Crippen molar-refractivity contribution in [3.8, 4) is 0 Å². The molecule has 2 saturated heterocycles. The molecule has 2 aliphatic rings. The van der Waals surface area contributed by atoms with Gasteiger partial charge >= 0.3 is 0 Å². The van der Waals surface area contributed by atoms with E-state index >= 15 is 0 Å². The third-order valence-corrected chi connectivity index (χ3v) is 6.76. The molecule has 5 nitrogen and oxygen atoms in total. The highest BCUT2D eigenvalue weighted by Crippen LogP contribution is 2.24. The largest absolute Gasteiger partial charge is 0.390 e. The number of carbonyl (C=O) groups is 1. The van der Waals surface area contributed by atoms with Gasteiger partial charge in [-0.05, 0) is 42.0 Å². The van der Waals surface area contributed by atoms with E-state index < -0.39 is 6.10 Å². The molecule has 30 heavy (non-hydrogen) atoms. The predicted molar refractivity (Wildman–Crippen MR) is 120 cm³/mol. The molecule has 0 aliphatic carbocycles. The predicted octanol–water partition coefficient (Wildman–Crippen LogP) is 3.65. The molecule has 8 heteroatoms. The second-order valence-electron chi connectivity index (χ2n) is 7.90. The van der Waals surface area contributed by atoms with Crippen molar-refractivity contribution in [1.29, 1.82) is 0 Å². The van der Waals surface area contributed by atoms with Crippen LogP contribution in [0.5, 0.6) is 0 Å². The third kappa shape index (κ3) is 4.93. The summed E-state index contributed by atoms with van der Waals surface area (Å²) >= 11 is 18.2. The fraction of sp³-hybridized carbons (Fsp3) is 0.409. The van der Waals surface area contributed by atoms with Crippen LogP contribution in [0.4, 0.5) is 0 Å². The van der Waals surface area contributed by atoms with Crippen LogP contribution in [0.3, 0.4) is 0 Å². The van der Waals surface area contributed by atoms with Crippen molar-refractivity contribution in [1.82, 2.24) is 14.7 Å². The normalized spacial score (nSPS) is 23.1. The maximum atomic E-state index is 12.8. The summed E-state index contributed by atoms with van der Waals surface area (Å²) < 4.78 is 0. The van der Waals surface area contributed by atoms with Crippen molar-refractivity contribution in [2.24, 2.45) is 0 Å². The maximum Gasteiger partial charge on any atom is 0.253 e. The molecular weight excluding hydrogens is 445 g/mol. The SMILES string of the molecule is O=C(c1ccc(Cl)cc1)N1CC(O)C(N2CCN(Cc3ccc(Cl)cc3Cl)CC2)C1. The minimum atomic E-state index is -0.543. The molecule has 1 N–H and O–H groups in total. The van der Waals surface area contributed by atoms with E-state index in [1.807, 2.05) is 12.1 Å². The number of β-amino-alcohol motifs (C(OH)–C–C–N with tert-alkyl or cyclic N) is 1. The van der Waals surface area contributed by atoms with Crippen molar-refractivity contribution in [3.05, 3.63) is 68.7 Å². The van der Waals surface area contributed by atoms with Crippen LogP contribution < -0.4 is 0 Å². The summed E-state index contributed by atoms with van der Waals surface area (Å²) in [4.78, 5) is 19.1. The van der Waals surface area contributed by atoms with Gasteiger partial charge in [-0.1, -0.05) is 40.9 Å². The zero-order chi connectivity index (χ0) is 21.3. The Bertz CT molecular complexity index is 901. The zero-order valence-electron chi connectivity index (χ0n) is 16.5. The Balaban J connectivity index is 1.32. The number of hydrogen-bond acceptors (Lipinski definition) is 4. The average molecular weight is 469 g/mol. The van der Waals surface area contributed by atoms with Crippen LogP contribution in [0.1, 0.15) is 15.9 Å². The highest BCUT2D eigenvalue weighted by molar-refractivity contribution is 6.35. The molecule has 2 aromatic carbocycles. The molecule has 2 atom stereocenters. The van der Waals surface area contributed by atoms with Crippen molar-refractivity contribution < 1.29 is 9.90 Å². The van der Waals surface area contributed by atoms with Crippen molar-refractivity contribution in [2.45, 2.75) is 18.7 Å². The first-order valence-electron chi connectivity index (χ1n) is 10.0. The quantitative estimate of drug-likeness (QED) is 0.744. The van der Waals surface area contributed by atoms with Gasteiger partial charge in [-0.15, -0.1) is 0 Å². The van der Waals surface area contributed by atoms with Crippen LogP contribution in [-0.4, -0.2) is 77.1 Å². The first kappa shape index (κ1) is 21.9. The van der Waals surface area contributed by atoms with Gasteiger partial charge in [0, 0.05) is 66.4 Å². The molecule has 160 valence electrons. The van der Waals surface area contributed by atoms with Crippen LogP contribution in [0.25, 0.3) is 0 Å². The fourth-order valence-electron chi connectivity index (χ4n) is 4.21. The highest BCUT2D eigenvalue weighted by Gasteiger charge is 2.38. The number of aliphatic hydroxyl groups is 1. The molecule has 0 spiro atoms. The Morgan fingerprint density at radius 1 is 0.933 bits per heavy atom. The average Bonchev–Trinajstić information content (AvgIpc) is 3.12. The van der Waals surface area contributed by atoms with E-state index in [1.54, 1.807) is 35.2 Å². The molecule has 0 radical (unpaired) electrons. The Morgan fingerprint density at radius 3 is 2.27 bits per heavy atom. The Hall–Kier alpha value is -1.34. The molecule has 2 fully saturated rings. The third-order valence-electron chi connectivity index (χ3n) is 5.92. The van der Waals surface area contributed by atoms with Crippen LogP contribution in [0.2, 0.25) is 15.1 Å². The summed E-state index contributed by atoms with van der Waals surface area (Å²) in [7, 11) is 0. The molecular formula is C22H24Cl3N3O2. The van der Waals surface area contributed by atoms with E-state index in [0.717, 1.165) is 38.3 Å². The van der Waals surface area contributed by atoms with E-state index in [9.17, 15) is 9.90 Å². The Morgan fingerprint density at radius 2 is 1.60 bits per heavy atom. The summed E-state index contributed by atoms with van der Waals surface area (Å²) in [6.07, 6.45) is -0.543. The van der Waals surface area contributed by atoms with E-state index in [2.05, 4.69) is 9.80 Å². The van der Waals surface area contributed by atoms with Crippen molar-refractivity contribution in [2.75, 3.05) is 39.3 Å². The number of carbonyl (C=O) groups excluding carboxylic acids is 1. The van der Waals surface area contributed by atoms with Gasteiger partial charge in [-0.2, -0.15) is 0 Å². The number of piperazine rings is 1. The monoisotopic (exact) mass is 467 g/mol. The molecule has 2 aromatic rings. The van der Waals surface area contributed by atoms with Gasteiger partial charge in [0.05, 0.1) is 12.1 Å². The number of benzene rings is 2. The lowest BCUT2D eigenvalue weighted by atomic mass is 10.1. The first-order valence-corrected chi connectivity index (χ1v) is 11.2. The van der Waals surface area contributed by atoms with Crippen LogP contribution in [0, 0.1) is 0 Å². The molecule has 2 heterocycles. The Kier molecular flexibility index (Phi) is 6.88. The van der Waals surface area contributed by atoms with Gasteiger partial charge in [0.1, 0.15) is 0 Å². The van der Waals surface area contributed by atoms with E-state index in [0.29, 0.717) is 33.7 Å². The van der Waals surface area contributed by atoms with Gasteiger partial charge in [0.2, 0.25) is 0 Å². The minimum Gasteiger partial charge on any atom is -0.390 e. The van der Waals surface area contributed by atoms with Crippen LogP contribution in [0.15, 0.2) is 42.5 Å². The van der Waals surface area contributed by atoms with E-state index in [1.165, 1.54) is 0 Å². The summed E-state index contributed by atoms with van der Waals surface area (Å²) in [5, 5.41) is 12.5. The standard InChI is InChI=1S/C22H24Cl3N3O2/c23-17-4-1-15(2-5-17)22(30)28-13-20(21(29)14-28)27-9-7-26(8-10-27)12-16-3-6-18(24)11-19(16)25/h1-6,11,20-21,29H,7-10,12-14H2. The van der Waals surface area contributed by atoms with Gasteiger partial charge in [-0.25, -0.2) is 0 Å². The lowest BCUT2D eigenvalue weighted by Crippen LogP contribution is -2.53. The summed E-state index contributed by atoms with van der Waals surface area (Å²) in [5.41, 5.74) is 1.66. The molecule has 0 bridgehead atoms. The highest BCUT2D eigenvalue weighted by atomic mass is 35.5. The number of hydrogen-bond donors (Lipinski definition) is 1. The molecule has 2 aliphatic heterocycles. The van der Waals surface area contributed by atoms with Crippen LogP contribution >= 0.6 is 34.8 Å². The topological polar surface area (TPSA) is 47.0 Å². The lowest BCUT2D eigenvalue weighted by molar-refractivity contribution is 0.0423. The molecule has 1 amide bonds. The number of nitrogens with zero attached hydrogens (tertiary/aromatic N) is 3. The van der Waals surface area contributed by atoms with Gasteiger partial charge < -0.3 is 10.0 Å². The zero-order valence-corrected chi connectivity index (χ0v) is 18.7. The van der Waals surface area contributed by atoms with Gasteiger partial charge in [0.15, 0.2) is 0 Å². The minimum absolute atomic E-state index is 0.0393. The smallest absolute Gasteiger partial charge is 0.253 e. The number of aliphatic hydroxyl groups excluding tert-OH is 1. The van der Waals surface area contributed by atoms with Crippen LogP contribution in [-0.2, 0) is 6.54 Å². The number of halogens is 3. The summed E-state index contributed by atoms with van der Waals surface area (Å²) in [6, 6.07) is 12.4. The van der Waals surface area contributed by atoms with Gasteiger partial charge in [0.25, 0.3) is 5.91 Å². The van der Waals surface area contributed by atoms with Gasteiger partial charge in [-0.3, -0.25) is 14.6 Å². The molecule has 2 unspecified atom stereocenters. The molecule has 0 saturated carbocycles. The second-order valence-corrected chi connectivity index (χ2v) is 9.18. The number of amides is 1. The Labute approximate surface area is 191 Å². The summed E-state index contributed by atoms with van der Waals surface area (Å²) in [5.74, 6) is -0.0655. The van der Waals surface area contributed by atoms with E-state index in [4.69, 9.17) is 34.8 Å². The molecule has 0 aromatic heterocycles. The van der Waals surface area contributed by atoms with E-state index in [-0.39, 0.29) is 11.9 Å². The van der Waals surface area contributed by atoms with Crippen molar-refractivity contribution >= 4 is 40.7 Å². The number of likely N-dealkylation sites (tertiary alicyclic amines) is 1. The second kappa shape index (κ2) is 9.43. The fourth-order valence-corrected chi connectivity index (χ4v) is 4.81. The lowest BCUT2D eigenvalue weighted by Gasteiger charge is -2.38. The van der Waals surface area contributed by atoms with Crippen molar-refractivity contribution in [3.63, 3.8) is 0 Å². The first-order chi connectivity index (χ1) is 14.4. The summed E-state index contributed by atoms with van der Waals surface area (Å²) in [6.45, 7) is 5.11. The molecule has 4 rings (SSSR count). The number of rotatable bonds is 4. The maximum absolute atomic E-state index is 12.8.